The summed E-state index contributed by atoms with van der Waals surface area (Å²) in [5.74, 6) is 6.88. The largest absolute Gasteiger partial charge is 0.494 e. The molecule has 726 valence electrons. The molecule has 1 aromatic heterocycles. The number of aliphatic hydroxyl groups is 3. The molecule has 5 saturated heterocycles. The van der Waals surface area contributed by atoms with Crippen LogP contribution in [0.5, 0.6) is 40.2 Å². The van der Waals surface area contributed by atoms with Crippen molar-refractivity contribution in [2.45, 2.75) is 174 Å². The molecule has 0 bridgehead atoms. The van der Waals surface area contributed by atoms with Crippen LogP contribution in [0.15, 0.2) is 114 Å². The van der Waals surface area contributed by atoms with Gasteiger partial charge in [0, 0.05) is 120 Å². The van der Waals surface area contributed by atoms with Crippen LogP contribution in [-0.4, -0.2) is 236 Å². The number of nitrogens with two attached hydrogens (primary N) is 2. The Kier molecular flexibility index (Phi) is 67.5. The molecule has 12 rings (SSSR count). The number of aromatic carboxylic acids is 1. The van der Waals surface area contributed by atoms with E-state index in [1.807, 2.05) is 80.3 Å². The molecule has 0 aliphatic carbocycles. The Hall–Kier alpha value is -7.96. The van der Waals surface area contributed by atoms with Crippen molar-refractivity contribution >= 4 is 90.5 Å². The van der Waals surface area contributed by atoms with Gasteiger partial charge in [-0.3, -0.25) is 29.6 Å². The summed E-state index contributed by atoms with van der Waals surface area (Å²) in [6.07, 6.45) is 18.3. The van der Waals surface area contributed by atoms with Gasteiger partial charge in [0.1, 0.15) is 40.4 Å². The van der Waals surface area contributed by atoms with E-state index in [0.29, 0.717) is 77.5 Å². The molecule has 0 unspecified atom stereocenters. The van der Waals surface area contributed by atoms with Crippen molar-refractivity contribution in [2.24, 2.45) is 29.6 Å². The summed E-state index contributed by atoms with van der Waals surface area (Å²) in [5.41, 5.74) is 15.2. The first-order valence-electron chi connectivity index (χ1n) is 43.2. The number of aryl methyl sites for hydroxylation is 3. The number of anilines is 2. The predicted molar refractivity (Wildman–Crippen MR) is 536 cm³/mol. The Morgan fingerprint density at radius 3 is 1.31 bits per heavy atom. The third-order valence-electron chi connectivity index (χ3n) is 21.0. The van der Waals surface area contributed by atoms with Gasteiger partial charge in [-0.25, -0.2) is 14.2 Å². The minimum Gasteiger partial charge on any atom is -0.494 e. The Labute approximate surface area is 792 Å². The number of alkyl halides is 2. The van der Waals surface area contributed by atoms with Crippen LogP contribution in [0, 0.1) is 76.4 Å². The number of benzene rings is 6. The topological polar surface area (TPSA) is 361 Å². The number of nitrogens with one attached hydrogen (secondary N) is 1. The van der Waals surface area contributed by atoms with Gasteiger partial charge in [0.2, 0.25) is 5.75 Å². The lowest BCUT2D eigenvalue weighted by molar-refractivity contribution is -0.385. The molecule has 128 heavy (non-hydrogen) atoms. The van der Waals surface area contributed by atoms with Gasteiger partial charge < -0.3 is 90.0 Å². The molecule has 0 amide bonds. The monoisotopic (exact) mass is 2000 g/mol. The zero-order valence-corrected chi connectivity index (χ0v) is 81.0. The van der Waals surface area contributed by atoms with E-state index in [1.54, 1.807) is 49.1 Å². The lowest BCUT2D eigenvalue weighted by atomic mass is 10.0. The fourth-order valence-corrected chi connectivity index (χ4v) is 15.0. The number of nitro groups is 2. The van der Waals surface area contributed by atoms with Crippen LogP contribution in [0.2, 0.25) is 0 Å². The Balaban J connectivity index is 0. The van der Waals surface area contributed by atoms with Gasteiger partial charge in [-0.05, 0) is 252 Å². The van der Waals surface area contributed by atoms with E-state index >= 15 is 0 Å². The van der Waals surface area contributed by atoms with E-state index in [2.05, 4.69) is 108 Å². The number of hydrogen-bond donors (Lipinski definition) is 7. The minimum absolute atomic E-state index is 0. The quantitative estimate of drug-likeness (QED) is 0.00598. The third kappa shape index (κ3) is 47.2. The standard InChI is InChI=1S/C26H33N3O3.C16H24N2O4.C16H26N2O2.C9H19NO.C8H9NO2.C7H6FNO3.C6H13N.C3H7BrO.CH3I.CH4O.3CH4.ClH/c1-18-8-10-23-22(15-18)26(30)29(20(3)27-23)24-11-9-21(16-25(24)31-4)32-14-6-13-28-12-5-7-19(2)17-28;1-13-5-3-8-17(12-13)9-4-10-22-14-6-7-15(18(19)20)16(11-14)21-2;1-13-5-3-8-18(12-13)9-4-10-20-14-6-7-15(17)16(11-14)19-2;1-9-4-2-5-10(8-9)6-3-7-11;1-5-2-3-7(9)6(4-5)8(10)11;1-12-7-4-5(8)2-3-6(7)9(10)11;1-6-3-2-4-7-5-6;4-2-1-3-5;2*1-2;;;;/h8-11,15-16,19H,5-7,12-14,17H2,1-4H3;6-7,11,13H,3-5,8-10,12H2,1-2H3;6-7,11,13H,3-5,8-10,12,17H2,1-2H3;9,11H,2-8H2,1H3;2-4H,9H2,1H3,(H,10,11);2-4H,1H3;6-7H,2-5H2,1H3;5H,1-3H2;1H3;2H,1H3;3*1H4;1H/t19-;2*13-;9-;;;6-;;;;;;;/m0000..0......./s1. The molecule has 28 nitrogen and oxygen atoms in total. The lowest BCUT2D eigenvalue weighted by Crippen LogP contribution is -2.35. The van der Waals surface area contributed by atoms with E-state index in [-0.39, 0.29) is 68.7 Å². The average Bonchev–Trinajstić information content (AvgIpc) is 0.766. The number of nitrogen functional groups attached to an aromatic ring is 2. The molecule has 5 aliphatic heterocycles. The molecular formula is C96H157BrClFIN11O17. The van der Waals surface area contributed by atoms with E-state index in [4.69, 9.17) is 60.3 Å². The lowest BCUT2D eigenvalue weighted by Gasteiger charge is -2.30. The second-order valence-corrected chi connectivity index (χ2v) is 32.5. The number of nitrogens with zero attached hydrogens (tertiary/aromatic N) is 8. The van der Waals surface area contributed by atoms with Crippen LogP contribution in [-0.2, 0) is 0 Å². The molecule has 7 aromatic rings. The van der Waals surface area contributed by atoms with E-state index in [9.17, 15) is 34.2 Å². The van der Waals surface area contributed by atoms with Crippen molar-refractivity contribution in [3.05, 3.63) is 168 Å². The van der Waals surface area contributed by atoms with Crippen LogP contribution in [0.3, 0.4) is 0 Å². The number of rotatable bonds is 28. The Morgan fingerprint density at radius 2 is 0.930 bits per heavy atom. The average molecular weight is 2000 g/mol. The highest BCUT2D eigenvalue weighted by atomic mass is 127. The number of piperidine rings is 5. The number of nitro benzene ring substituents is 2. The molecule has 5 fully saturated rings. The molecular weight excluding hydrogens is 1840 g/mol. The first-order chi connectivity index (χ1) is 59.6. The number of carboxylic acids is 1. The van der Waals surface area contributed by atoms with Crippen molar-refractivity contribution in [3.8, 4) is 45.9 Å². The zero-order chi connectivity index (χ0) is 91.9. The van der Waals surface area contributed by atoms with Crippen molar-refractivity contribution in [1.29, 1.82) is 0 Å². The van der Waals surface area contributed by atoms with Crippen molar-refractivity contribution in [3.63, 3.8) is 0 Å². The highest BCUT2D eigenvalue weighted by Gasteiger charge is 2.23. The number of aliphatic hydroxyl groups excluding tert-OH is 3. The summed E-state index contributed by atoms with van der Waals surface area (Å²) in [4.78, 5) is 60.4. The SMILES string of the molecule is C.C.C.CI.CO.COc1cc(F)ccc1[N+](=O)[O-].COc1cc(OCCCN2CCC[C@H](C)C2)ccc1-n1c(C)nc2ccc(C)cc2c1=O.COc1cc(OCCCN2CCC[C@H](C)C2)ccc1N.COc1cc(OCCCN2CCC[C@H](C)C2)ccc1[N+](=O)[O-].C[C@H]1CCCN(CCCO)C1.C[C@H]1CCCNC1.Cc1ccc(N)c(C(=O)O)c1.Cl.OCCCBr. The molecule has 0 saturated carbocycles. The van der Waals surface area contributed by atoms with Gasteiger partial charge in [0.15, 0.2) is 5.75 Å². The number of aromatic nitrogens is 2. The summed E-state index contributed by atoms with van der Waals surface area (Å²) in [5, 5.41) is 58.3. The summed E-state index contributed by atoms with van der Waals surface area (Å²) in [6.45, 7) is 36.3. The second-order valence-electron chi connectivity index (χ2n) is 31.7. The number of carbonyl (C=O) groups is 1. The smallest absolute Gasteiger partial charge is 0.337 e. The van der Waals surface area contributed by atoms with Gasteiger partial charge in [0.25, 0.3) is 5.56 Å². The number of likely N-dealkylation sites (tertiary alicyclic amines) is 4. The number of methoxy groups -OCH3 is 4. The number of hydrogen-bond acceptors (Lipinski definition) is 24. The summed E-state index contributed by atoms with van der Waals surface area (Å²) in [6, 6.07) is 29.5. The normalized spacial score (nSPS) is 16.9. The van der Waals surface area contributed by atoms with E-state index in [1.165, 1.54) is 150 Å². The van der Waals surface area contributed by atoms with Crippen LogP contribution in [0.25, 0.3) is 16.6 Å². The molecule has 6 heterocycles. The maximum atomic E-state index is 13.3. The summed E-state index contributed by atoms with van der Waals surface area (Å²) >= 11 is 5.30. The van der Waals surface area contributed by atoms with Crippen molar-refractivity contribution in [2.75, 3.05) is 182 Å². The van der Waals surface area contributed by atoms with Gasteiger partial charge in [0.05, 0.1) is 85.9 Å². The third-order valence-corrected chi connectivity index (χ3v) is 21.6. The predicted octanol–water partition coefficient (Wildman–Crippen LogP) is 19.3. The maximum absolute atomic E-state index is 13.3. The van der Waals surface area contributed by atoms with E-state index in [0.717, 1.165) is 148 Å². The number of carboxylic acid groups (broad SMARTS) is 1. The molecule has 6 aromatic carbocycles. The first-order valence-corrected chi connectivity index (χ1v) is 46.5. The minimum atomic E-state index is -0.980. The van der Waals surface area contributed by atoms with Crippen LogP contribution >= 0.6 is 50.9 Å². The molecule has 5 atom stereocenters. The first kappa shape index (κ1) is 122. The highest BCUT2D eigenvalue weighted by molar-refractivity contribution is 14.1. The van der Waals surface area contributed by atoms with Crippen molar-refractivity contribution < 1.29 is 72.6 Å². The second kappa shape index (κ2) is 70.8. The molecule has 9 N–H and O–H groups in total. The zero-order valence-electron chi connectivity index (χ0n) is 76.4. The number of ether oxygens (including phenoxy) is 7. The molecule has 32 heteroatoms. The van der Waals surface area contributed by atoms with Crippen LogP contribution in [0.1, 0.15) is 181 Å². The van der Waals surface area contributed by atoms with Crippen LogP contribution < -0.4 is 55.5 Å². The Morgan fingerprint density at radius 1 is 0.539 bits per heavy atom. The summed E-state index contributed by atoms with van der Waals surface area (Å²) < 4.78 is 52.0. The van der Waals surface area contributed by atoms with Gasteiger partial charge in [-0.2, -0.15) is 0 Å². The fourth-order valence-electron chi connectivity index (χ4n) is 14.7. The molecule has 0 radical (unpaired) electrons. The van der Waals surface area contributed by atoms with Crippen molar-refractivity contribution in [1.82, 2.24) is 34.5 Å². The van der Waals surface area contributed by atoms with Crippen LogP contribution in [0.4, 0.5) is 27.1 Å². The number of fused-ring (bicyclic) bond motifs is 1. The number of halogens is 4. The molecule has 5 aliphatic rings. The Bertz CT molecular complexity index is 4240. The van der Waals surface area contributed by atoms with Gasteiger partial charge >= 0.3 is 17.3 Å². The molecule has 0 spiro atoms. The van der Waals surface area contributed by atoms with Gasteiger partial charge in [-0.15, -0.1) is 12.4 Å². The summed E-state index contributed by atoms with van der Waals surface area (Å²) in [7, 11) is 6.90. The fraction of sp³-hybridized carbons (Fsp3) is 0.594. The van der Waals surface area contributed by atoms with E-state index < -0.39 is 21.6 Å². The maximum Gasteiger partial charge on any atom is 0.337 e. The van der Waals surface area contributed by atoms with Gasteiger partial charge in [-0.1, -0.05) is 119 Å². The highest BCUT2D eigenvalue weighted by Crippen LogP contribution is 2.33.